The molecule has 1 aromatic carbocycles. The lowest BCUT2D eigenvalue weighted by Crippen LogP contribution is -2.39. The standard InChI is InChI=1S/C26H27F3N4O4S/c1-13(2)22-8-14(30)9-23(37-22)16-6-7-31-12-21(16)33-26(34)20-5-4-17(27)25(32-20)24-18(28)10-15(11-19(24)29)38(3,35)36/h4-7,10-14,22-23H,8-9,30H2,1-3H3,(H,33,34)/t14-,22-,23+/m0/s1. The molecule has 0 radical (unpaired) electrons. The topological polar surface area (TPSA) is 124 Å². The molecule has 0 unspecified atom stereocenters. The van der Waals surface area contributed by atoms with Crippen LogP contribution in [0, 0.1) is 23.4 Å². The molecule has 3 atom stereocenters. The van der Waals surface area contributed by atoms with Crippen LogP contribution in [0.1, 0.15) is 48.8 Å². The molecule has 1 saturated heterocycles. The van der Waals surface area contributed by atoms with Gasteiger partial charge in [-0.15, -0.1) is 0 Å². The summed E-state index contributed by atoms with van der Waals surface area (Å²) in [5.41, 5.74) is 5.22. The number of ether oxygens (including phenoxy) is 1. The van der Waals surface area contributed by atoms with E-state index in [2.05, 4.69) is 15.3 Å². The van der Waals surface area contributed by atoms with Gasteiger partial charge >= 0.3 is 0 Å². The minimum absolute atomic E-state index is 0.0688. The van der Waals surface area contributed by atoms with Gasteiger partial charge < -0.3 is 15.8 Å². The van der Waals surface area contributed by atoms with Gasteiger partial charge in [0.1, 0.15) is 28.8 Å². The summed E-state index contributed by atoms with van der Waals surface area (Å²) in [6, 6.07) is 4.66. The number of hydrogen-bond acceptors (Lipinski definition) is 7. The summed E-state index contributed by atoms with van der Waals surface area (Å²) in [7, 11) is -3.92. The summed E-state index contributed by atoms with van der Waals surface area (Å²) in [5, 5.41) is 2.67. The van der Waals surface area contributed by atoms with E-state index in [0.717, 1.165) is 18.4 Å². The van der Waals surface area contributed by atoms with Crippen molar-refractivity contribution in [1.82, 2.24) is 9.97 Å². The first-order valence-electron chi connectivity index (χ1n) is 11.9. The van der Waals surface area contributed by atoms with Gasteiger partial charge in [0.25, 0.3) is 5.91 Å². The van der Waals surface area contributed by atoms with E-state index >= 15 is 0 Å². The van der Waals surface area contributed by atoms with Gasteiger partial charge in [0, 0.05) is 24.1 Å². The van der Waals surface area contributed by atoms with Crippen LogP contribution in [0.15, 0.2) is 47.6 Å². The number of carbonyl (C=O) groups excluding carboxylic acids is 1. The quantitative estimate of drug-likeness (QED) is 0.467. The van der Waals surface area contributed by atoms with Gasteiger partial charge in [-0.05, 0) is 49.1 Å². The van der Waals surface area contributed by atoms with Crippen molar-refractivity contribution < 1.29 is 31.1 Å². The van der Waals surface area contributed by atoms with Crippen molar-refractivity contribution in [2.24, 2.45) is 11.7 Å². The summed E-state index contributed by atoms with van der Waals surface area (Å²) in [6.45, 7) is 4.07. The van der Waals surface area contributed by atoms with Crippen molar-refractivity contribution in [1.29, 1.82) is 0 Å². The molecule has 202 valence electrons. The third-order valence-electron chi connectivity index (χ3n) is 6.34. The van der Waals surface area contributed by atoms with Crippen LogP contribution in [-0.4, -0.2) is 42.7 Å². The number of halogens is 3. The molecule has 4 rings (SSSR count). The Labute approximate surface area is 218 Å². The van der Waals surface area contributed by atoms with Crippen LogP contribution >= 0.6 is 0 Å². The third kappa shape index (κ3) is 5.87. The molecule has 3 heterocycles. The second-order valence-corrected chi connectivity index (χ2v) is 11.6. The zero-order valence-electron chi connectivity index (χ0n) is 20.9. The van der Waals surface area contributed by atoms with Crippen LogP contribution in [0.25, 0.3) is 11.3 Å². The van der Waals surface area contributed by atoms with E-state index in [0.29, 0.717) is 36.2 Å². The Morgan fingerprint density at radius 2 is 1.79 bits per heavy atom. The molecule has 2 aromatic heterocycles. The fourth-order valence-electron chi connectivity index (χ4n) is 4.33. The number of nitrogens with one attached hydrogen (secondary N) is 1. The number of carbonyl (C=O) groups is 1. The number of pyridine rings is 2. The van der Waals surface area contributed by atoms with Gasteiger partial charge in [0.05, 0.1) is 34.6 Å². The largest absolute Gasteiger partial charge is 0.370 e. The highest BCUT2D eigenvalue weighted by Gasteiger charge is 2.32. The van der Waals surface area contributed by atoms with Gasteiger partial charge in [-0.2, -0.15) is 0 Å². The summed E-state index contributed by atoms with van der Waals surface area (Å²) in [4.78, 5) is 20.4. The molecule has 0 bridgehead atoms. The molecule has 1 amide bonds. The first-order chi connectivity index (χ1) is 17.8. The minimum Gasteiger partial charge on any atom is -0.370 e. The number of amides is 1. The van der Waals surface area contributed by atoms with E-state index in [4.69, 9.17) is 10.5 Å². The summed E-state index contributed by atoms with van der Waals surface area (Å²) >= 11 is 0. The van der Waals surface area contributed by atoms with Crippen LogP contribution in [0.5, 0.6) is 0 Å². The Hall–Kier alpha value is -3.35. The van der Waals surface area contributed by atoms with Crippen molar-refractivity contribution in [3.63, 3.8) is 0 Å². The lowest BCUT2D eigenvalue weighted by atomic mass is 9.90. The van der Waals surface area contributed by atoms with E-state index in [1.54, 1.807) is 12.3 Å². The number of anilines is 1. The fraction of sp³-hybridized carbons (Fsp3) is 0.346. The molecular weight excluding hydrogens is 521 g/mol. The molecule has 0 aliphatic carbocycles. The molecule has 1 aliphatic heterocycles. The van der Waals surface area contributed by atoms with Crippen LogP contribution in [-0.2, 0) is 14.6 Å². The summed E-state index contributed by atoms with van der Waals surface area (Å²) in [5.74, 6) is -4.32. The average Bonchev–Trinajstić information content (AvgIpc) is 2.84. The molecule has 38 heavy (non-hydrogen) atoms. The van der Waals surface area contributed by atoms with Crippen molar-refractivity contribution in [3.05, 3.63) is 71.4 Å². The number of nitrogens with zero attached hydrogens (tertiary/aromatic N) is 2. The fourth-order valence-corrected chi connectivity index (χ4v) is 4.97. The Morgan fingerprint density at radius 3 is 2.42 bits per heavy atom. The summed E-state index contributed by atoms with van der Waals surface area (Å²) in [6.07, 6.45) is 4.52. The van der Waals surface area contributed by atoms with Gasteiger partial charge in [-0.1, -0.05) is 13.8 Å². The van der Waals surface area contributed by atoms with Gasteiger partial charge in [0.2, 0.25) is 0 Å². The monoisotopic (exact) mass is 548 g/mol. The second kappa shape index (κ2) is 10.8. The van der Waals surface area contributed by atoms with Crippen LogP contribution in [0.2, 0.25) is 0 Å². The van der Waals surface area contributed by atoms with Crippen LogP contribution in [0.3, 0.4) is 0 Å². The zero-order valence-corrected chi connectivity index (χ0v) is 21.7. The van der Waals surface area contributed by atoms with Crippen molar-refractivity contribution >= 4 is 21.4 Å². The maximum Gasteiger partial charge on any atom is 0.274 e. The highest BCUT2D eigenvalue weighted by molar-refractivity contribution is 7.90. The number of nitrogens with two attached hydrogens (primary N) is 1. The van der Waals surface area contributed by atoms with Gasteiger partial charge in [-0.3, -0.25) is 9.78 Å². The Balaban J connectivity index is 1.65. The number of benzene rings is 1. The van der Waals surface area contributed by atoms with E-state index in [1.807, 2.05) is 13.8 Å². The normalized spacial score (nSPS) is 19.9. The number of aromatic nitrogens is 2. The van der Waals surface area contributed by atoms with Crippen molar-refractivity contribution in [3.8, 4) is 11.3 Å². The molecule has 1 fully saturated rings. The molecular formula is C26H27F3N4O4S. The van der Waals surface area contributed by atoms with E-state index in [9.17, 15) is 26.4 Å². The molecule has 1 aliphatic rings. The summed E-state index contributed by atoms with van der Waals surface area (Å²) < 4.78 is 73.6. The lowest BCUT2D eigenvalue weighted by Gasteiger charge is -2.36. The maximum atomic E-state index is 14.7. The van der Waals surface area contributed by atoms with Gasteiger partial charge in [0.15, 0.2) is 9.84 Å². The molecule has 0 saturated carbocycles. The van der Waals surface area contributed by atoms with Crippen molar-refractivity contribution in [2.75, 3.05) is 11.6 Å². The highest BCUT2D eigenvalue weighted by atomic mass is 32.2. The average molecular weight is 549 g/mol. The third-order valence-corrected chi connectivity index (χ3v) is 7.44. The van der Waals surface area contributed by atoms with E-state index in [1.165, 1.54) is 6.20 Å². The Bertz CT molecular complexity index is 1460. The first kappa shape index (κ1) is 27.7. The molecule has 3 N–H and O–H groups in total. The van der Waals surface area contributed by atoms with E-state index < -0.39 is 55.5 Å². The first-order valence-corrected chi connectivity index (χ1v) is 13.8. The number of rotatable bonds is 6. The smallest absolute Gasteiger partial charge is 0.274 e. The van der Waals surface area contributed by atoms with E-state index in [-0.39, 0.29) is 23.8 Å². The maximum absolute atomic E-state index is 14.7. The predicted molar refractivity (Wildman–Crippen MR) is 135 cm³/mol. The van der Waals surface area contributed by atoms with Crippen molar-refractivity contribution in [2.45, 2.75) is 49.8 Å². The van der Waals surface area contributed by atoms with Crippen LogP contribution < -0.4 is 11.1 Å². The Kier molecular flexibility index (Phi) is 7.86. The molecule has 12 heteroatoms. The second-order valence-electron chi connectivity index (χ2n) is 9.62. The number of sulfone groups is 1. The number of hydrogen-bond donors (Lipinski definition) is 2. The highest BCUT2D eigenvalue weighted by Crippen LogP contribution is 2.36. The predicted octanol–water partition coefficient (Wildman–Crippen LogP) is 4.42. The molecule has 3 aromatic rings. The lowest BCUT2D eigenvalue weighted by molar-refractivity contribution is -0.0787. The zero-order chi connectivity index (χ0) is 27.8. The molecule has 0 spiro atoms. The molecule has 8 nitrogen and oxygen atoms in total. The minimum atomic E-state index is -3.92. The van der Waals surface area contributed by atoms with Gasteiger partial charge in [-0.25, -0.2) is 26.6 Å². The SMILES string of the molecule is CC(C)[C@@H]1C[C@H](N)C[C@H](c2ccncc2NC(=O)c2ccc(F)c(-c3c(F)cc(S(C)(=O)=O)cc3F)n2)O1. The van der Waals surface area contributed by atoms with Crippen LogP contribution in [0.4, 0.5) is 18.9 Å². The Morgan fingerprint density at radius 1 is 1.11 bits per heavy atom.